The van der Waals surface area contributed by atoms with E-state index in [4.69, 9.17) is 4.74 Å². The number of rotatable bonds is 8. The molecule has 5 heteroatoms. The van der Waals surface area contributed by atoms with Gasteiger partial charge >= 0.3 is 0 Å². The fourth-order valence-electron chi connectivity index (χ4n) is 2.25. The molecular weight excluding hydrogens is 300 g/mol. The molecule has 1 N–H and O–H groups in total. The van der Waals surface area contributed by atoms with E-state index in [9.17, 15) is 0 Å². The Labute approximate surface area is 143 Å². The van der Waals surface area contributed by atoms with Gasteiger partial charge in [-0.05, 0) is 57.0 Å². The Morgan fingerprint density at radius 2 is 2.17 bits per heavy atom. The molecule has 0 atom stereocenters. The smallest absolute Gasteiger partial charge is 0.154 e. The second-order valence-corrected chi connectivity index (χ2v) is 5.43. The maximum Gasteiger partial charge on any atom is 0.154 e. The van der Waals surface area contributed by atoms with Crippen LogP contribution in [0, 0.1) is 0 Å². The molecule has 0 unspecified atom stereocenters. The molecule has 0 spiro atoms. The molecule has 0 amide bonds. The number of anilines is 1. The van der Waals surface area contributed by atoms with Crippen LogP contribution in [-0.4, -0.2) is 27.7 Å². The summed E-state index contributed by atoms with van der Waals surface area (Å²) in [6, 6.07) is 3.91. The number of aromatic nitrogens is 3. The molecule has 0 aliphatic rings. The van der Waals surface area contributed by atoms with E-state index in [1.54, 1.807) is 0 Å². The summed E-state index contributed by atoms with van der Waals surface area (Å²) in [4.78, 5) is 4.43. The van der Waals surface area contributed by atoms with Gasteiger partial charge in [0.15, 0.2) is 5.65 Å². The highest BCUT2D eigenvalue weighted by molar-refractivity contribution is 5.66. The van der Waals surface area contributed by atoms with E-state index in [0.29, 0.717) is 6.61 Å². The minimum absolute atomic E-state index is 0.698. The zero-order valence-corrected chi connectivity index (χ0v) is 14.9. The fourth-order valence-corrected chi connectivity index (χ4v) is 2.25. The van der Waals surface area contributed by atoms with Crippen LogP contribution in [0.25, 0.3) is 11.2 Å². The lowest BCUT2D eigenvalue weighted by Crippen LogP contribution is -2.04. The molecular formula is C19H26N4O. The van der Waals surface area contributed by atoms with Crippen molar-refractivity contribution in [3.05, 3.63) is 54.1 Å². The summed E-state index contributed by atoms with van der Waals surface area (Å²) in [5.74, 6) is 1.68. The van der Waals surface area contributed by atoms with E-state index >= 15 is 0 Å². The van der Waals surface area contributed by atoms with Crippen molar-refractivity contribution in [2.24, 2.45) is 0 Å². The Morgan fingerprint density at radius 3 is 2.88 bits per heavy atom. The largest absolute Gasteiger partial charge is 0.494 e. The molecule has 5 nitrogen and oxygen atoms in total. The second-order valence-electron chi connectivity index (χ2n) is 5.43. The molecule has 2 aromatic rings. The topological polar surface area (TPSA) is 51.5 Å². The van der Waals surface area contributed by atoms with Gasteiger partial charge in [0.25, 0.3) is 0 Å². The summed E-state index contributed by atoms with van der Waals surface area (Å²) in [6.07, 6.45) is 10.8. The zero-order chi connectivity index (χ0) is 17.4. The number of nitrogens with one attached hydrogen (secondary N) is 1. The average Bonchev–Trinajstić information content (AvgIpc) is 3.00. The summed E-state index contributed by atoms with van der Waals surface area (Å²) in [5, 5.41) is 7.83. The van der Waals surface area contributed by atoms with Gasteiger partial charge in [-0.2, -0.15) is 0 Å². The van der Waals surface area contributed by atoms with Gasteiger partial charge in [0.1, 0.15) is 11.6 Å². The lowest BCUT2D eigenvalue weighted by molar-refractivity contribution is 0.225. The van der Waals surface area contributed by atoms with Gasteiger partial charge in [0.05, 0.1) is 18.5 Å². The molecule has 0 fully saturated rings. The van der Waals surface area contributed by atoms with Crippen LogP contribution >= 0.6 is 0 Å². The molecule has 0 saturated carbocycles. The van der Waals surface area contributed by atoms with Crippen molar-refractivity contribution >= 4 is 17.0 Å². The van der Waals surface area contributed by atoms with Crippen LogP contribution in [0.15, 0.2) is 48.4 Å². The third-order valence-electron chi connectivity index (χ3n) is 3.41. The Balaban J connectivity index is 2.37. The van der Waals surface area contributed by atoms with Crippen LogP contribution < -0.4 is 5.32 Å². The van der Waals surface area contributed by atoms with Crippen molar-refractivity contribution in [3.63, 3.8) is 0 Å². The minimum atomic E-state index is 0.698. The van der Waals surface area contributed by atoms with E-state index in [1.807, 2.05) is 61.0 Å². The van der Waals surface area contributed by atoms with Crippen LogP contribution in [0.1, 0.15) is 39.8 Å². The molecule has 0 radical (unpaired) electrons. The van der Waals surface area contributed by atoms with Gasteiger partial charge < -0.3 is 10.1 Å². The van der Waals surface area contributed by atoms with E-state index in [2.05, 4.69) is 29.2 Å². The molecule has 128 valence electrons. The summed E-state index contributed by atoms with van der Waals surface area (Å²) in [5.41, 5.74) is 2.83. The number of nitrogens with zero attached hydrogens (tertiary/aromatic N) is 3. The number of hydrogen-bond donors (Lipinski definition) is 1. The molecule has 0 bridgehead atoms. The molecule has 2 rings (SSSR count). The van der Waals surface area contributed by atoms with Gasteiger partial charge in [0, 0.05) is 6.54 Å². The van der Waals surface area contributed by atoms with Crippen LogP contribution in [-0.2, 0) is 4.74 Å². The molecule has 2 aromatic heterocycles. The van der Waals surface area contributed by atoms with Crippen LogP contribution in [0.2, 0.25) is 0 Å². The predicted octanol–water partition coefficient (Wildman–Crippen LogP) is 4.45. The Kier molecular flexibility index (Phi) is 6.61. The molecule has 0 aliphatic heterocycles. The highest BCUT2D eigenvalue weighted by atomic mass is 16.5. The molecule has 2 heterocycles. The summed E-state index contributed by atoms with van der Waals surface area (Å²) in [6.45, 7) is 9.71. The lowest BCUT2D eigenvalue weighted by atomic mass is 10.2. The van der Waals surface area contributed by atoms with E-state index in [1.165, 1.54) is 0 Å². The molecule has 24 heavy (non-hydrogen) atoms. The number of ether oxygens (including phenoxy) is 1. The number of hydrogen-bond acceptors (Lipinski definition) is 4. The molecule has 0 saturated heterocycles. The first-order valence-corrected chi connectivity index (χ1v) is 8.42. The van der Waals surface area contributed by atoms with E-state index < -0.39 is 0 Å². The second kappa shape index (κ2) is 8.91. The summed E-state index contributed by atoms with van der Waals surface area (Å²) in [7, 11) is 0. The third kappa shape index (κ3) is 4.47. The summed E-state index contributed by atoms with van der Waals surface area (Å²) >= 11 is 0. The first-order chi connectivity index (χ1) is 11.7. The standard InChI is InChI=1S/C19H26N4O/c1-5-8-9-16(24-12-6-2)13-15(4)17-14-21-19-11-10-18(20-7-3)22-23(17)19/h5,8-11,13-14H,6-7,12H2,1-4H3,(H,20,22)/b8-5-,15-13+,16-9+. The Bertz CT molecular complexity index is 756. The van der Waals surface area contributed by atoms with Crippen LogP contribution in [0.5, 0.6) is 0 Å². The van der Waals surface area contributed by atoms with Crippen molar-refractivity contribution in [3.8, 4) is 0 Å². The maximum absolute atomic E-state index is 5.81. The van der Waals surface area contributed by atoms with Crippen molar-refractivity contribution in [2.75, 3.05) is 18.5 Å². The van der Waals surface area contributed by atoms with Gasteiger partial charge in [-0.1, -0.05) is 19.1 Å². The average molecular weight is 326 g/mol. The fraction of sp³-hybridized carbons (Fsp3) is 0.368. The third-order valence-corrected chi connectivity index (χ3v) is 3.41. The highest BCUT2D eigenvalue weighted by Gasteiger charge is 2.08. The number of fused-ring (bicyclic) bond motifs is 1. The van der Waals surface area contributed by atoms with E-state index in [0.717, 1.165) is 41.5 Å². The van der Waals surface area contributed by atoms with E-state index in [-0.39, 0.29) is 0 Å². The predicted molar refractivity (Wildman–Crippen MR) is 99.9 cm³/mol. The van der Waals surface area contributed by atoms with Crippen molar-refractivity contribution < 1.29 is 4.74 Å². The van der Waals surface area contributed by atoms with Crippen molar-refractivity contribution in [1.82, 2.24) is 14.6 Å². The zero-order valence-electron chi connectivity index (χ0n) is 14.9. The van der Waals surface area contributed by atoms with Gasteiger partial charge in [-0.15, -0.1) is 5.10 Å². The number of allylic oxidation sites excluding steroid dienone is 5. The minimum Gasteiger partial charge on any atom is -0.494 e. The monoisotopic (exact) mass is 326 g/mol. The maximum atomic E-state index is 5.81. The van der Waals surface area contributed by atoms with Crippen LogP contribution in [0.3, 0.4) is 0 Å². The molecule has 0 aliphatic carbocycles. The lowest BCUT2D eigenvalue weighted by Gasteiger charge is -2.08. The number of imidazole rings is 1. The Hall–Kier alpha value is -2.56. The van der Waals surface area contributed by atoms with Crippen LogP contribution in [0.4, 0.5) is 5.82 Å². The van der Waals surface area contributed by atoms with Gasteiger partial charge in [-0.25, -0.2) is 9.50 Å². The Morgan fingerprint density at radius 1 is 1.33 bits per heavy atom. The van der Waals surface area contributed by atoms with Crippen molar-refractivity contribution in [2.45, 2.75) is 34.1 Å². The van der Waals surface area contributed by atoms with Gasteiger partial charge in [-0.3, -0.25) is 0 Å². The molecule has 0 aromatic carbocycles. The first-order valence-electron chi connectivity index (χ1n) is 8.42. The normalized spacial score (nSPS) is 13.0. The highest BCUT2D eigenvalue weighted by Crippen LogP contribution is 2.19. The first kappa shape index (κ1) is 17.8. The van der Waals surface area contributed by atoms with Gasteiger partial charge in [0.2, 0.25) is 0 Å². The van der Waals surface area contributed by atoms with Crippen molar-refractivity contribution in [1.29, 1.82) is 0 Å². The SMILES string of the molecule is C\C=C/C=C(\C=C(/C)c1cnc2ccc(NCC)nn12)OCCC. The quantitative estimate of drug-likeness (QED) is 0.575. The summed E-state index contributed by atoms with van der Waals surface area (Å²) < 4.78 is 7.67.